The van der Waals surface area contributed by atoms with Gasteiger partial charge in [0.2, 0.25) is 0 Å². The van der Waals surface area contributed by atoms with E-state index < -0.39 is 12.0 Å². The van der Waals surface area contributed by atoms with Crippen molar-refractivity contribution in [3.05, 3.63) is 29.8 Å². The molecule has 0 radical (unpaired) electrons. The topological polar surface area (TPSA) is 63.3 Å². The van der Waals surface area contributed by atoms with Gasteiger partial charge in [0.1, 0.15) is 0 Å². The second-order valence-corrected chi connectivity index (χ2v) is 4.85. The first-order chi connectivity index (χ1) is 6.63. The fraction of sp³-hybridized carbons (Fsp3) is 0.300. The van der Waals surface area contributed by atoms with Crippen LogP contribution in [-0.2, 0) is 11.2 Å². The summed E-state index contributed by atoms with van der Waals surface area (Å²) in [5.41, 5.74) is 6.45. The molecule has 1 unspecified atom stereocenters. The molecule has 0 aliphatic heterocycles. The minimum atomic E-state index is -0.947. The van der Waals surface area contributed by atoms with Gasteiger partial charge in [0, 0.05) is 0 Å². The summed E-state index contributed by atoms with van der Waals surface area (Å²) in [6.45, 7) is 0. The van der Waals surface area contributed by atoms with Gasteiger partial charge in [-0.2, -0.15) is 0 Å². The molecule has 0 fully saturated rings. The molecule has 0 spiro atoms. The van der Waals surface area contributed by atoms with Crippen molar-refractivity contribution in [1.29, 1.82) is 0 Å². The predicted molar refractivity (Wildman–Crippen MR) is 57.0 cm³/mol. The Morgan fingerprint density at radius 2 is 2.36 bits per heavy atom. The molecule has 0 saturated carbocycles. The van der Waals surface area contributed by atoms with Crippen molar-refractivity contribution in [3.63, 3.8) is 0 Å². The van der Waals surface area contributed by atoms with Gasteiger partial charge in [-0.25, -0.2) is 0 Å². The van der Waals surface area contributed by atoms with Crippen molar-refractivity contribution in [2.75, 3.05) is 0 Å². The van der Waals surface area contributed by atoms with E-state index >= 15 is 0 Å². The van der Waals surface area contributed by atoms with Gasteiger partial charge in [-0.05, 0) is 0 Å². The van der Waals surface area contributed by atoms with Gasteiger partial charge in [-0.3, -0.25) is 0 Å². The van der Waals surface area contributed by atoms with Crippen molar-refractivity contribution in [3.8, 4) is 0 Å². The zero-order valence-electron chi connectivity index (χ0n) is 7.93. The molecule has 1 rings (SSSR count). The number of carboxylic acids is 1. The summed E-state index contributed by atoms with van der Waals surface area (Å²) in [6, 6.07) is 7.15. The molecular weight excluding hydrogens is 245 g/mol. The fourth-order valence-electron chi connectivity index (χ4n) is 1.14. The summed E-state index contributed by atoms with van der Waals surface area (Å²) >= 11 is 0.448. The molecule has 0 heterocycles. The Hall–Kier alpha value is -0.831. The quantitative estimate of drug-likeness (QED) is 0.748. The van der Waals surface area contributed by atoms with Gasteiger partial charge in [-0.1, -0.05) is 0 Å². The average Bonchev–Trinajstić information content (AvgIpc) is 2.18. The van der Waals surface area contributed by atoms with E-state index in [1.807, 2.05) is 18.2 Å². The van der Waals surface area contributed by atoms with Crippen molar-refractivity contribution < 1.29 is 9.90 Å². The molecule has 14 heavy (non-hydrogen) atoms. The van der Waals surface area contributed by atoms with E-state index in [4.69, 9.17) is 10.8 Å². The van der Waals surface area contributed by atoms with Crippen LogP contribution in [0.15, 0.2) is 24.3 Å². The number of carbonyl (C=O) groups is 1. The van der Waals surface area contributed by atoms with Crippen LogP contribution < -0.4 is 10.2 Å². The number of hydrogen-bond acceptors (Lipinski definition) is 2. The molecule has 0 saturated heterocycles. The Bertz CT molecular complexity index is 328. The molecule has 1 aromatic carbocycles. The molecule has 0 aromatic heterocycles. The number of nitrogens with two attached hydrogens (primary N) is 1. The van der Waals surface area contributed by atoms with Gasteiger partial charge < -0.3 is 0 Å². The van der Waals surface area contributed by atoms with E-state index in [1.54, 1.807) is 0 Å². The average molecular weight is 258 g/mol. The molecule has 4 heteroatoms. The molecule has 1 aromatic rings. The van der Waals surface area contributed by atoms with Crippen LogP contribution >= 0.6 is 0 Å². The summed E-state index contributed by atoms with van der Waals surface area (Å²) in [6.07, 6.45) is 0.402. The number of benzene rings is 1. The summed E-state index contributed by atoms with van der Waals surface area (Å²) in [5.74, 6) is 1.18. The number of aliphatic carboxylic acids is 1. The van der Waals surface area contributed by atoms with Gasteiger partial charge in [0.25, 0.3) is 0 Å². The van der Waals surface area contributed by atoms with Crippen molar-refractivity contribution in [2.24, 2.45) is 5.73 Å². The van der Waals surface area contributed by atoms with E-state index in [-0.39, 0.29) is 0 Å². The second kappa shape index (κ2) is 5.15. The zero-order chi connectivity index (χ0) is 10.6. The van der Waals surface area contributed by atoms with Gasteiger partial charge >= 0.3 is 89.1 Å². The van der Waals surface area contributed by atoms with Crippen LogP contribution in [-0.4, -0.2) is 32.1 Å². The first-order valence-electron chi connectivity index (χ1n) is 4.25. The van der Waals surface area contributed by atoms with Gasteiger partial charge in [0.15, 0.2) is 0 Å². The molecule has 0 amide bonds. The SMILES string of the molecule is C[Se]c1cccc(CC(N)C(=O)O)c1. The van der Waals surface area contributed by atoms with E-state index in [1.165, 1.54) is 4.46 Å². The molecule has 3 nitrogen and oxygen atoms in total. The number of hydrogen-bond donors (Lipinski definition) is 2. The summed E-state index contributed by atoms with van der Waals surface area (Å²) < 4.78 is 1.27. The van der Waals surface area contributed by atoms with Crippen LogP contribution in [0.2, 0.25) is 5.82 Å². The maximum absolute atomic E-state index is 10.5. The second-order valence-electron chi connectivity index (χ2n) is 3.00. The van der Waals surface area contributed by atoms with Crippen molar-refractivity contribution in [1.82, 2.24) is 0 Å². The monoisotopic (exact) mass is 259 g/mol. The van der Waals surface area contributed by atoms with Crippen LogP contribution in [0.4, 0.5) is 0 Å². The van der Waals surface area contributed by atoms with Crippen LogP contribution in [0.25, 0.3) is 0 Å². The molecule has 0 aliphatic rings. The number of rotatable bonds is 4. The zero-order valence-corrected chi connectivity index (χ0v) is 9.65. The third-order valence-electron chi connectivity index (χ3n) is 1.91. The van der Waals surface area contributed by atoms with Crippen molar-refractivity contribution in [2.45, 2.75) is 18.3 Å². The Labute approximate surface area is 89.5 Å². The predicted octanol–water partition coefficient (Wildman–Crippen LogP) is 0.0186. The summed E-state index contributed by atoms with van der Waals surface area (Å²) in [4.78, 5) is 10.5. The van der Waals surface area contributed by atoms with Gasteiger partial charge in [0.05, 0.1) is 0 Å². The van der Waals surface area contributed by atoms with Crippen molar-refractivity contribution >= 4 is 25.4 Å². The summed E-state index contributed by atoms with van der Waals surface area (Å²) in [5, 5.41) is 8.65. The van der Waals surface area contributed by atoms with Crippen LogP contribution in [0.3, 0.4) is 0 Å². The Morgan fingerprint density at radius 1 is 1.64 bits per heavy atom. The molecule has 0 aliphatic carbocycles. The molecule has 1 atom stereocenters. The molecule has 0 bridgehead atoms. The van der Waals surface area contributed by atoms with E-state index in [0.717, 1.165) is 5.56 Å². The molecular formula is C10H13NO2Se. The Balaban J connectivity index is 2.71. The normalized spacial score (nSPS) is 12.4. The molecule has 76 valence electrons. The maximum atomic E-state index is 10.5. The van der Waals surface area contributed by atoms with Gasteiger partial charge in [-0.15, -0.1) is 0 Å². The third kappa shape index (κ3) is 3.14. The summed E-state index contributed by atoms with van der Waals surface area (Å²) in [7, 11) is 0. The molecule has 3 N–H and O–H groups in total. The van der Waals surface area contributed by atoms with E-state index in [0.29, 0.717) is 21.4 Å². The minimum absolute atomic E-state index is 0.402. The third-order valence-corrected chi connectivity index (χ3v) is 3.43. The number of carboxylic acid groups (broad SMARTS) is 1. The Morgan fingerprint density at radius 3 is 2.93 bits per heavy atom. The van der Waals surface area contributed by atoms with E-state index in [9.17, 15) is 4.79 Å². The fourth-order valence-corrected chi connectivity index (χ4v) is 2.16. The van der Waals surface area contributed by atoms with Crippen LogP contribution in [0.1, 0.15) is 5.56 Å². The van der Waals surface area contributed by atoms with E-state index in [2.05, 4.69) is 11.9 Å². The Kier molecular flexibility index (Phi) is 4.14. The van der Waals surface area contributed by atoms with Crippen LogP contribution in [0, 0.1) is 0 Å². The first kappa shape index (κ1) is 11.2. The standard InChI is InChI=1S/C10H13NO2Se/c1-14-8-4-2-3-7(5-8)6-9(11)10(12)13/h2-5,9H,6,11H2,1H3,(H,12,13). The first-order valence-corrected chi connectivity index (χ1v) is 6.81. The van der Waals surface area contributed by atoms with Crippen LogP contribution in [0.5, 0.6) is 0 Å².